The normalized spacial score (nSPS) is 8.48. The number of alkyl halides is 14. The van der Waals surface area contributed by atoms with E-state index >= 15 is 0 Å². The van der Waals surface area contributed by atoms with Crippen molar-refractivity contribution in [2.45, 2.75) is 124 Å². The molecule has 0 rings (SSSR count). The molecule has 0 saturated carbocycles. The average molecular weight is 957 g/mol. The summed E-state index contributed by atoms with van der Waals surface area (Å²) >= 11 is 70.6. The SMILES string of the molecule is CC(Cl)Cl.CC(Cl)Cl.CC(Cl)Cl.CC(Cl)Cl.CC(Cl)Cl.CC(Cl)Cl.CC(Cl)Cl.CCOC(C)=O.CCOC(C)=O.CCOC(C)=O. The molecule has 0 aromatic heterocycles. The summed E-state index contributed by atoms with van der Waals surface area (Å²) in [6.45, 7) is 22.8. The van der Waals surface area contributed by atoms with Crippen molar-refractivity contribution in [3.8, 4) is 0 Å². The van der Waals surface area contributed by atoms with Gasteiger partial charge in [-0.25, -0.2) is 0 Å². The van der Waals surface area contributed by atoms with Crippen molar-refractivity contribution in [3.05, 3.63) is 0 Å². The number of hydrogen-bond donors (Lipinski definition) is 0. The lowest BCUT2D eigenvalue weighted by Crippen LogP contribution is -1.95. The monoisotopic (exact) mass is 950 g/mol. The van der Waals surface area contributed by atoms with Gasteiger partial charge in [0.15, 0.2) is 0 Å². The van der Waals surface area contributed by atoms with Crippen LogP contribution in [0.2, 0.25) is 0 Å². The van der Waals surface area contributed by atoms with E-state index < -0.39 is 0 Å². The van der Waals surface area contributed by atoms with Crippen LogP contribution >= 0.6 is 162 Å². The molecule has 46 heavy (non-hydrogen) atoms. The van der Waals surface area contributed by atoms with Crippen LogP contribution in [0.25, 0.3) is 0 Å². The van der Waals surface area contributed by atoms with Gasteiger partial charge in [0.1, 0.15) is 33.9 Å². The van der Waals surface area contributed by atoms with Crippen LogP contribution < -0.4 is 0 Å². The summed E-state index contributed by atoms with van der Waals surface area (Å²) in [5.41, 5.74) is 0. The molecule has 0 spiro atoms. The van der Waals surface area contributed by atoms with Crippen molar-refractivity contribution in [1.82, 2.24) is 0 Å². The summed E-state index contributed by atoms with van der Waals surface area (Å²) in [4.78, 5) is 27.9. The van der Waals surface area contributed by atoms with E-state index in [-0.39, 0.29) is 51.8 Å². The number of carbonyl (C=O) groups excluding carboxylic acids is 3. The van der Waals surface area contributed by atoms with Gasteiger partial charge in [0, 0.05) is 20.8 Å². The maximum Gasteiger partial charge on any atom is 0.302 e. The molecule has 0 bridgehead atoms. The number of halogens is 14. The standard InChI is InChI=1S/3C4H8O2.7C2H4Cl2/c3*1-3-6-4(2)5;7*1-2(3)4/h3*3H2,1-2H3;7*2H,1H3. The summed E-state index contributed by atoms with van der Waals surface area (Å²) in [6, 6.07) is 0. The number of hydrogen-bond acceptors (Lipinski definition) is 6. The lowest BCUT2D eigenvalue weighted by Gasteiger charge is -1.89. The average Bonchev–Trinajstić information content (AvgIpc) is 2.71. The van der Waals surface area contributed by atoms with E-state index in [0.29, 0.717) is 19.8 Å². The van der Waals surface area contributed by atoms with E-state index in [1.807, 2.05) is 0 Å². The van der Waals surface area contributed by atoms with Gasteiger partial charge in [-0.2, -0.15) is 0 Å². The van der Waals surface area contributed by atoms with Gasteiger partial charge in [-0.3, -0.25) is 14.4 Å². The summed E-state index contributed by atoms with van der Waals surface area (Å²) in [6.07, 6.45) is 0. The zero-order chi connectivity index (χ0) is 40.0. The topological polar surface area (TPSA) is 78.9 Å². The minimum Gasteiger partial charge on any atom is -0.466 e. The predicted molar refractivity (Wildman–Crippen MR) is 215 cm³/mol. The Kier molecular flexibility index (Phi) is 111. The Hall–Kier alpha value is 2.47. The molecule has 0 aliphatic heterocycles. The van der Waals surface area contributed by atoms with Gasteiger partial charge in [-0.1, -0.05) is 0 Å². The van der Waals surface area contributed by atoms with Gasteiger partial charge in [0.25, 0.3) is 0 Å². The van der Waals surface area contributed by atoms with Crippen LogP contribution in [0.3, 0.4) is 0 Å². The minimum atomic E-state index is -0.222. The molecule has 0 atom stereocenters. The Morgan fingerprint density at radius 3 is 0.413 bits per heavy atom. The fraction of sp³-hybridized carbons (Fsp3) is 0.885. The first-order valence-electron chi connectivity index (χ1n) is 12.8. The highest BCUT2D eigenvalue weighted by Gasteiger charge is 1.83. The van der Waals surface area contributed by atoms with Crippen LogP contribution in [-0.4, -0.2) is 71.6 Å². The molecule has 290 valence electrons. The zero-order valence-corrected chi connectivity index (χ0v) is 39.0. The molecule has 0 aromatic carbocycles. The summed E-state index contributed by atoms with van der Waals surface area (Å²) in [7, 11) is 0. The highest BCUT2D eigenvalue weighted by molar-refractivity contribution is 6.45. The molecular weight excluding hydrogens is 905 g/mol. The summed E-state index contributed by atoms with van der Waals surface area (Å²) < 4.78 is 13.2. The smallest absolute Gasteiger partial charge is 0.302 e. The third-order valence-electron chi connectivity index (χ3n) is 1.04. The second kappa shape index (κ2) is 69.3. The van der Waals surface area contributed by atoms with Gasteiger partial charge in [0.2, 0.25) is 0 Å². The molecule has 0 aliphatic rings. The Bertz CT molecular complexity index is 415. The fourth-order valence-electron chi connectivity index (χ4n) is 0.610. The van der Waals surface area contributed by atoms with Crippen molar-refractivity contribution in [3.63, 3.8) is 0 Å². The number of rotatable bonds is 3. The van der Waals surface area contributed by atoms with Crippen molar-refractivity contribution in [2.24, 2.45) is 0 Å². The quantitative estimate of drug-likeness (QED) is 0.159. The second-order valence-corrected chi connectivity index (χ2v) is 17.1. The second-order valence-electron chi connectivity index (χ2n) is 6.41. The molecule has 6 nitrogen and oxygen atoms in total. The van der Waals surface area contributed by atoms with Crippen LogP contribution in [0, 0.1) is 0 Å². The first-order valence-corrected chi connectivity index (χ1v) is 18.9. The van der Waals surface area contributed by atoms with Gasteiger partial charge < -0.3 is 14.2 Å². The third-order valence-corrected chi connectivity index (χ3v) is 1.04. The first-order chi connectivity index (χ1) is 20.4. The Morgan fingerprint density at radius 2 is 0.413 bits per heavy atom. The van der Waals surface area contributed by atoms with Crippen LogP contribution in [0.5, 0.6) is 0 Å². The van der Waals surface area contributed by atoms with Crippen LogP contribution in [0.15, 0.2) is 0 Å². The molecule has 0 amide bonds. The van der Waals surface area contributed by atoms with Crippen LogP contribution in [0.1, 0.15) is 90.0 Å². The fourth-order valence-corrected chi connectivity index (χ4v) is 0.610. The largest absolute Gasteiger partial charge is 0.466 e. The lowest BCUT2D eigenvalue weighted by molar-refractivity contribution is -0.141. The zero-order valence-electron chi connectivity index (χ0n) is 28.4. The molecule has 20 heteroatoms. The number of esters is 3. The Morgan fingerprint density at radius 1 is 0.348 bits per heavy atom. The van der Waals surface area contributed by atoms with E-state index in [9.17, 15) is 14.4 Å². The van der Waals surface area contributed by atoms with E-state index in [1.165, 1.54) is 20.8 Å². The maximum atomic E-state index is 9.82. The van der Waals surface area contributed by atoms with Gasteiger partial charge >= 0.3 is 17.9 Å². The van der Waals surface area contributed by atoms with Crippen LogP contribution in [-0.2, 0) is 28.6 Å². The molecule has 0 N–H and O–H groups in total. The predicted octanol–water partition coefficient (Wildman–Crippen LogP) is 14.4. The maximum absolute atomic E-state index is 9.82. The molecule has 0 heterocycles. The highest BCUT2D eigenvalue weighted by atomic mass is 35.6. The molecule has 0 radical (unpaired) electrons. The van der Waals surface area contributed by atoms with E-state index in [2.05, 4.69) is 14.2 Å². The number of carbonyl (C=O) groups is 3. The molecule has 0 saturated heterocycles. The number of ether oxygens (including phenoxy) is 3. The third kappa shape index (κ3) is 730. The van der Waals surface area contributed by atoms with Gasteiger partial charge in [-0.05, 0) is 69.2 Å². The molecule has 0 fully saturated rings. The first kappa shape index (κ1) is 73.8. The summed E-state index contributed by atoms with van der Waals surface area (Å²) in [5.74, 6) is -0.632. The van der Waals surface area contributed by atoms with E-state index in [4.69, 9.17) is 162 Å². The molecule has 0 aliphatic carbocycles. The van der Waals surface area contributed by atoms with Gasteiger partial charge in [0.05, 0.1) is 19.8 Å². The van der Waals surface area contributed by atoms with Crippen molar-refractivity contribution >= 4 is 180 Å². The lowest BCUT2D eigenvalue weighted by atomic mass is 10.8. The molecule has 0 aromatic rings. The van der Waals surface area contributed by atoms with Crippen LogP contribution in [0.4, 0.5) is 0 Å². The van der Waals surface area contributed by atoms with Crippen molar-refractivity contribution < 1.29 is 28.6 Å². The van der Waals surface area contributed by atoms with E-state index in [1.54, 1.807) is 69.2 Å². The van der Waals surface area contributed by atoms with Gasteiger partial charge in [-0.15, -0.1) is 162 Å². The van der Waals surface area contributed by atoms with Crippen molar-refractivity contribution in [1.29, 1.82) is 0 Å². The van der Waals surface area contributed by atoms with Crippen molar-refractivity contribution in [2.75, 3.05) is 19.8 Å². The minimum absolute atomic E-state index is 0.211. The Balaban J connectivity index is -0.0000000394. The summed E-state index contributed by atoms with van der Waals surface area (Å²) in [5, 5.41) is 0. The molecule has 0 unspecified atom stereocenters. The van der Waals surface area contributed by atoms with E-state index in [0.717, 1.165) is 0 Å². The molecular formula is C26H52Cl14O6. The highest BCUT2D eigenvalue weighted by Crippen LogP contribution is 1.97. The Labute approximate surface area is 349 Å².